The van der Waals surface area contributed by atoms with Gasteiger partial charge in [-0.1, -0.05) is 18.3 Å². The molecular weight excluding hydrogens is 324 g/mol. The van der Waals surface area contributed by atoms with Gasteiger partial charge in [-0.15, -0.1) is 5.10 Å². The Morgan fingerprint density at radius 1 is 1.37 bits per heavy atom. The molecule has 19 heavy (non-hydrogen) atoms. The molecule has 0 fully saturated rings. The van der Waals surface area contributed by atoms with Crippen molar-refractivity contribution in [2.75, 3.05) is 6.54 Å². The van der Waals surface area contributed by atoms with Crippen LogP contribution < -0.4 is 5.32 Å². The lowest BCUT2D eigenvalue weighted by Gasteiger charge is -2.17. The number of rotatable bonds is 6. The Bertz CT molecular complexity index is 529. The minimum atomic E-state index is 0.260. The van der Waals surface area contributed by atoms with Crippen LogP contribution in [0, 0.1) is 0 Å². The maximum atomic E-state index is 4.22. The highest BCUT2D eigenvalue weighted by Crippen LogP contribution is 2.25. The van der Waals surface area contributed by atoms with Crippen molar-refractivity contribution >= 4 is 27.5 Å². The van der Waals surface area contributed by atoms with E-state index in [1.165, 1.54) is 22.0 Å². The van der Waals surface area contributed by atoms with Crippen molar-refractivity contribution in [1.29, 1.82) is 0 Å². The van der Waals surface area contributed by atoms with Gasteiger partial charge in [0.05, 0.1) is 10.6 Å². The molecule has 0 aliphatic carbocycles. The van der Waals surface area contributed by atoms with Crippen LogP contribution in [0.2, 0.25) is 0 Å². The standard InChI is InChI=1S/C13H17BrN4S/c1-3-11-13(19-18-17-11)12(16-4-2)6-9-5-10(14)8-15-7-9/h5,7-8,12,16H,3-4,6H2,1-2H3. The predicted octanol–water partition coefficient (Wildman–Crippen LogP) is 3.15. The Hall–Kier alpha value is -0.850. The summed E-state index contributed by atoms with van der Waals surface area (Å²) in [5.74, 6) is 0. The van der Waals surface area contributed by atoms with Gasteiger partial charge in [0.2, 0.25) is 0 Å². The van der Waals surface area contributed by atoms with Crippen molar-refractivity contribution in [3.05, 3.63) is 39.1 Å². The van der Waals surface area contributed by atoms with E-state index < -0.39 is 0 Å². The summed E-state index contributed by atoms with van der Waals surface area (Å²) in [5, 5.41) is 7.72. The molecule has 6 heteroatoms. The first-order valence-electron chi connectivity index (χ1n) is 6.38. The van der Waals surface area contributed by atoms with E-state index in [-0.39, 0.29) is 6.04 Å². The third-order valence-electron chi connectivity index (χ3n) is 2.89. The molecule has 0 saturated heterocycles. The molecule has 4 nitrogen and oxygen atoms in total. The van der Waals surface area contributed by atoms with Gasteiger partial charge in [-0.3, -0.25) is 4.98 Å². The number of pyridine rings is 1. The molecule has 0 spiro atoms. The van der Waals surface area contributed by atoms with Crippen LogP contribution in [0.3, 0.4) is 0 Å². The number of hydrogen-bond acceptors (Lipinski definition) is 5. The van der Waals surface area contributed by atoms with Crippen LogP contribution in [0.4, 0.5) is 0 Å². The van der Waals surface area contributed by atoms with Crippen molar-refractivity contribution < 1.29 is 0 Å². The van der Waals surface area contributed by atoms with Crippen molar-refractivity contribution in [1.82, 2.24) is 19.9 Å². The van der Waals surface area contributed by atoms with Crippen molar-refractivity contribution in [3.8, 4) is 0 Å². The molecule has 2 rings (SSSR count). The smallest absolute Gasteiger partial charge is 0.0801 e. The van der Waals surface area contributed by atoms with Crippen LogP contribution in [0.5, 0.6) is 0 Å². The highest BCUT2D eigenvalue weighted by Gasteiger charge is 2.18. The molecule has 0 aromatic carbocycles. The number of halogens is 1. The molecule has 102 valence electrons. The van der Waals surface area contributed by atoms with Crippen molar-refractivity contribution in [2.24, 2.45) is 0 Å². The summed E-state index contributed by atoms with van der Waals surface area (Å²) in [7, 11) is 0. The van der Waals surface area contributed by atoms with Crippen LogP contribution in [0.15, 0.2) is 22.9 Å². The van der Waals surface area contributed by atoms with E-state index in [2.05, 4.69) is 55.7 Å². The second-order valence-electron chi connectivity index (χ2n) is 4.26. The number of aryl methyl sites for hydroxylation is 1. The summed E-state index contributed by atoms with van der Waals surface area (Å²) < 4.78 is 5.09. The maximum Gasteiger partial charge on any atom is 0.0801 e. The number of aromatic nitrogens is 3. The van der Waals surface area contributed by atoms with Gasteiger partial charge in [0.1, 0.15) is 0 Å². The second-order valence-corrected chi connectivity index (χ2v) is 5.96. The van der Waals surface area contributed by atoms with Gasteiger partial charge in [0, 0.05) is 22.9 Å². The average molecular weight is 341 g/mol. The van der Waals surface area contributed by atoms with E-state index in [1.807, 2.05) is 6.20 Å². The fourth-order valence-electron chi connectivity index (χ4n) is 2.03. The van der Waals surface area contributed by atoms with Crippen LogP contribution in [-0.4, -0.2) is 21.1 Å². The third kappa shape index (κ3) is 3.81. The minimum absolute atomic E-state index is 0.260. The Labute approximate surface area is 126 Å². The number of hydrogen-bond donors (Lipinski definition) is 1. The zero-order valence-corrected chi connectivity index (χ0v) is 13.5. The molecule has 1 N–H and O–H groups in total. The summed E-state index contributed by atoms with van der Waals surface area (Å²) in [5.41, 5.74) is 2.30. The van der Waals surface area contributed by atoms with Crippen LogP contribution in [0.1, 0.15) is 36.0 Å². The number of likely N-dealkylation sites (N-methyl/N-ethyl adjacent to an activating group) is 1. The molecule has 1 unspecified atom stereocenters. The number of nitrogens with one attached hydrogen (secondary N) is 1. The van der Waals surface area contributed by atoms with Gasteiger partial charge in [-0.25, -0.2) is 0 Å². The lowest BCUT2D eigenvalue weighted by Crippen LogP contribution is -2.23. The van der Waals surface area contributed by atoms with Gasteiger partial charge < -0.3 is 5.32 Å². The zero-order chi connectivity index (χ0) is 13.7. The van der Waals surface area contributed by atoms with Gasteiger partial charge in [-0.2, -0.15) is 0 Å². The van der Waals surface area contributed by atoms with E-state index in [0.29, 0.717) is 0 Å². The summed E-state index contributed by atoms with van der Waals surface area (Å²) in [6, 6.07) is 2.37. The Balaban J connectivity index is 2.21. The molecule has 2 aromatic heterocycles. The van der Waals surface area contributed by atoms with Gasteiger partial charge in [0.25, 0.3) is 0 Å². The summed E-state index contributed by atoms with van der Waals surface area (Å²) in [4.78, 5) is 5.46. The maximum absolute atomic E-state index is 4.22. The van der Waals surface area contributed by atoms with Crippen molar-refractivity contribution in [2.45, 2.75) is 32.7 Å². The molecular formula is C13H17BrN4S. The van der Waals surface area contributed by atoms with E-state index in [4.69, 9.17) is 0 Å². The normalized spacial score (nSPS) is 12.6. The Morgan fingerprint density at radius 3 is 2.89 bits per heavy atom. The molecule has 0 aliphatic rings. The summed E-state index contributed by atoms with van der Waals surface area (Å²) >= 11 is 4.95. The molecule has 1 atom stereocenters. The van der Waals surface area contributed by atoms with Gasteiger partial charge in [0.15, 0.2) is 0 Å². The summed E-state index contributed by atoms with van der Waals surface area (Å²) in [6.07, 6.45) is 5.54. The highest BCUT2D eigenvalue weighted by atomic mass is 79.9. The predicted molar refractivity (Wildman–Crippen MR) is 81.3 cm³/mol. The highest BCUT2D eigenvalue weighted by molar-refractivity contribution is 9.10. The molecule has 2 heterocycles. The molecule has 0 bridgehead atoms. The first kappa shape index (κ1) is 14.6. The van der Waals surface area contributed by atoms with E-state index in [1.54, 1.807) is 6.20 Å². The first-order chi connectivity index (χ1) is 9.24. The quantitative estimate of drug-likeness (QED) is 0.877. The molecule has 0 amide bonds. The average Bonchev–Trinajstić information content (AvgIpc) is 2.86. The molecule has 0 radical (unpaired) electrons. The lowest BCUT2D eigenvalue weighted by atomic mass is 10.0. The fraction of sp³-hybridized carbons (Fsp3) is 0.462. The van der Waals surface area contributed by atoms with Crippen LogP contribution in [-0.2, 0) is 12.8 Å². The van der Waals surface area contributed by atoms with Crippen molar-refractivity contribution in [3.63, 3.8) is 0 Å². The lowest BCUT2D eigenvalue weighted by molar-refractivity contribution is 0.552. The zero-order valence-electron chi connectivity index (χ0n) is 11.1. The first-order valence-corrected chi connectivity index (χ1v) is 7.95. The van der Waals surface area contributed by atoms with Gasteiger partial charge >= 0.3 is 0 Å². The second kappa shape index (κ2) is 7.07. The SMILES string of the molecule is CCNC(Cc1cncc(Br)c1)c1snnc1CC. The van der Waals surface area contributed by atoms with Crippen LogP contribution in [0.25, 0.3) is 0 Å². The molecule has 0 aliphatic heterocycles. The largest absolute Gasteiger partial charge is 0.309 e. The Morgan fingerprint density at radius 2 is 2.21 bits per heavy atom. The molecule has 2 aromatic rings. The summed E-state index contributed by atoms with van der Waals surface area (Å²) in [6.45, 7) is 5.16. The minimum Gasteiger partial charge on any atom is -0.309 e. The molecule has 0 saturated carbocycles. The van der Waals surface area contributed by atoms with E-state index >= 15 is 0 Å². The fourth-order valence-corrected chi connectivity index (χ4v) is 3.26. The van der Waals surface area contributed by atoms with E-state index in [9.17, 15) is 0 Å². The van der Waals surface area contributed by atoms with Crippen LogP contribution >= 0.6 is 27.5 Å². The number of nitrogens with zero attached hydrogens (tertiary/aromatic N) is 3. The van der Waals surface area contributed by atoms with E-state index in [0.717, 1.165) is 29.6 Å². The third-order valence-corrected chi connectivity index (χ3v) is 4.20. The topological polar surface area (TPSA) is 50.7 Å². The monoisotopic (exact) mass is 340 g/mol. The van der Waals surface area contributed by atoms with Gasteiger partial charge in [-0.05, 0) is 58.5 Å². The Kier molecular flexibility index (Phi) is 5.42.